The van der Waals surface area contributed by atoms with Gasteiger partial charge in [0, 0.05) is 31.6 Å². The topological polar surface area (TPSA) is 41.0 Å². The quantitative estimate of drug-likeness (QED) is 0.886. The van der Waals surface area contributed by atoms with E-state index >= 15 is 0 Å². The van der Waals surface area contributed by atoms with Crippen molar-refractivity contribution in [3.05, 3.63) is 17.8 Å². The van der Waals surface area contributed by atoms with E-state index in [1.807, 2.05) is 0 Å². The Bertz CT molecular complexity index is 397. The monoisotopic (exact) mass is 260 g/mol. The molecule has 104 valence electrons. The van der Waals surface area contributed by atoms with Crippen LogP contribution in [0.3, 0.4) is 0 Å². The number of anilines is 1. The van der Waals surface area contributed by atoms with Crippen LogP contribution in [0.25, 0.3) is 0 Å². The van der Waals surface area contributed by atoms with E-state index in [2.05, 4.69) is 39.5 Å². The van der Waals surface area contributed by atoms with Gasteiger partial charge in [0.25, 0.3) is 0 Å². The summed E-state index contributed by atoms with van der Waals surface area (Å²) in [6, 6.07) is 4.87. The number of rotatable bonds is 2. The second-order valence-corrected chi connectivity index (χ2v) is 5.90. The lowest BCUT2D eigenvalue weighted by Gasteiger charge is -2.34. The van der Waals surface area contributed by atoms with Gasteiger partial charge in [-0.2, -0.15) is 5.10 Å². The standard InChI is InChI=1S/C15H24N4/c1-12-11-16-9-10-19(12)15-8-7-14(17-18-15)13-5-3-2-4-6-13/h7-8,12-13,16H,2-6,9-11H2,1H3. The maximum Gasteiger partial charge on any atom is 0.151 e. The van der Waals surface area contributed by atoms with Gasteiger partial charge < -0.3 is 10.2 Å². The summed E-state index contributed by atoms with van der Waals surface area (Å²) in [6.45, 7) is 5.34. The van der Waals surface area contributed by atoms with Gasteiger partial charge >= 0.3 is 0 Å². The lowest BCUT2D eigenvalue weighted by atomic mass is 9.87. The van der Waals surface area contributed by atoms with Crippen LogP contribution in [-0.4, -0.2) is 35.9 Å². The highest BCUT2D eigenvalue weighted by atomic mass is 15.3. The van der Waals surface area contributed by atoms with Crippen LogP contribution in [0.1, 0.15) is 50.6 Å². The van der Waals surface area contributed by atoms with Crippen molar-refractivity contribution >= 4 is 5.82 Å². The fourth-order valence-corrected chi connectivity index (χ4v) is 3.29. The Labute approximate surface area is 115 Å². The van der Waals surface area contributed by atoms with Crippen molar-refractivity contribution in [2.24, 2.45) is 0 Å². The third kappa shape index (κ3) is 2.89. The van der Waals surface area contributed by atoms with E-state index in [0.29, 0.717) is 12.0 Å². The number of piperazine rings is 1. The molecule has 1 aromatic rings. The van der Waals surface area contributed by atoms with E-state index in [-0.39, 0.29) is 0 Å². The Morgan fingerprint density at radius 3 is 2.68 bits per heavy atom. The lowest BCUT2D eigenvalue weighted by Crippen LogP contribution is -2.50. The Balaban J connectivity index is 1.70. The molecule has 0 spiro atoms. The first-order valence-electron chi connectivity index (χ1n) is 7.65. The molecule has 19 heavy (non-hydrogen) atoms. The van der Waals surface area contributed by atoms with Crippen molar-refractivity contribution in [1.29, 1.82) is 0 Å². The van der Waals surface area contributed by atoms with Crippen molar-refractivity contribution in [1.82, 2.24) is 15.5 Å². The smallest absolute Gasteiger partial charge is 0.151 e. The lowest BCUT2D eigenvalue weighted by molar-refractivity contribution is 0.433. The first-order chi connectivity index (χ1) is 9.34. The first kappa shape index (κ1) is 12.9. The molecule has 0 amide bonds. The SMILES string of the molecule is CC1CNCCN1c1ccc(C2CCCCC2)nn1. The van der Waals surface area contributed by atoms with Crippen LogP contribution in [-0.2, 0) is 0 Å². The van der Waals surface area contributed by atoms with Crippen LogP contribution in [0.4, 0.5) is 5.82 Å². The van der Waals surface area contributed by atoms with Gasteiger partial charge in [0.1, 0.15) is 0 Å². The van der Waals surface area contributed by atoms with Crippen molar-refractivity contribution < 1.29 is 0 Å². The van der Waals surface area contributed by atoms with Crippen LogP contribution in [0.15, 0.2) is 12.1 Å². The van der Waals surface area contributed by atoms with E-state index in [0.717, 1.165) is 25.5 Å². The van der Waals surface area contributed by atoms with Crippen LogP contribution in [0.5, 0.6) is 0 Å². The van der Waals surface area contributed by atoms with Gasteiger partial charge in [0.15, 0.2) is 5.82 Å². The summed E-state index contributed by atoms with van der Waals surface area (Å²) >= 11 is 0. The maximum absolute atomic E-state index is 4.50. The molecule has 2 fully saturated rings. The molecule has 4 heteroatoms. The summed E-state index contributed by atoms with van der Waals surface area (Å²) in [4.78, 5) is 2.36. The molecule has 2 heterocycles. The summed E-state index contributed by atoms with van der Waals surface area (Å²) in [5.41, 5.74) is 1.20. The molecular formula is C15H24N4. The minimum absolute atomic E-state index is 0.503. The minimum Gasteiger partial charge on any atom is -0.350 e. The Kier molecular flexibility index (Phi) is 3.97. The largest absolute Gasteiger partial charge is 0.350 e. The molecule has 3 rings (SSSR count). The summed E-state index contributed by atoms with van der Waals surface area (Å²) in [7, 11) is 0. The third-order valence-corrected chi connectivity index (χ3v) is 4.49. The van der Waals surface area contributed by atoms with Gasteiger partial charge in [-0.05, 0) is 31.9 Å². The van der Waals surface area contributed by atoms with Gasteiger partial charge in [-0.1, -0.05) is 19.3 Å². The van der Waals surface area contributed by atoms with Crippen molar-refractivity contribution in [3.63, 3.8) is 0 Å². The normalized spacial score (nSPS) is 25.5. The fourth-order valence-electron chi connectivity index (χ4n) is 3.29. The molecule has 1 saturated heterocycles. The van der Waals surface area contributed by atoms with Crippen LogP contribution < -0.4 is 10.2 Å². The summed E-state index contributed by atoms with van der Waals surface area (Å²) in [5, 5.41) is 12.4. The summed E-state index contributed by atoms with van der Waals surface area (Å²) in [5.74, 6) is 1.68. The highest BCUT2D eigenvalue weighted by Gasteiger charge is 2.21. The molecule has 1 aliphatic carbocycles. The molecule has 1 unspecified atom stereocenters. The number of hydrogen-bond donors (Lipinski definition) is 1. The predicted molar refractivity (Wildman–Crippen MR) is 77.5 cm³/mol. The molecule has 1 saturated carbocycles. The molecular weight excluding hydrogens is 236 g/mol. The number of nitrogens with zero attached hydrogens (tertiary/aromatic N) is 3. The van der Waals surface area contributed by atoms with Crippen molar-refractivity contribution in [2.45, 2.75) is 51.0 Å². The molecule has 1 N–H and O–H groups in total. The Morgan fingerprint density at radius 2 is 2.00 bits per heavy atom. The van der Waals surface area contributed by atoms with Crippen LogP contribution in [0, 0.1) is 0 Å². The second-order valence-electron chi connectivity index (χ2n) is 5.90. The van der Waals surface area contributed by atoms with Gasteiger partial charge in [-0.25, -0.2) is 0 Å². The summed E-state index contributed by atoms with van der Waals surface area (Å²) < 4.78 is 0. The number of nitrogens with one attached hydrogen (secondary N) is 1. The zero-order valence-corrected chi connectivity index (χ0v) is 11.8. The molecule has 1 atom stereocenters. The van der Waals surface area contributed by atoms with Crippen molar-refractivity contribution in [2.75, 3.05) is 24.5 Å². The molecule has 2 aliphatic rings. The molecule has 4 nitrogen and oxygen atoms in total. The van der Waals surface area contributed by atoms with E-state index in [4.69, 9.17) is 0 Å². The molecule has 0 bridgehead atoms. The number of aromatic nitrogens is 2. The van der Waals surface area contributed by atoms with Gasteiger partial charge in [-0.3, -0.25) is 0 Å². The zero-order chi connectivity index (χ0) is 13.1. The Morgan fingerprint density at radius 1 is 1.16 bits per heavy atom. The second kappa shape index (κ2) is 5.87. The third-order valence-electron chi connectivity index (χ3n) is 4.49. The van der Waals surface area contributed by atoms with Crippen LogP contribution >= 0.6 is 0 Å². The molecule has 1 aliphatic heterocycles. The van der Waals surface area contributed by atoms with E-state index < -0.39 is 0 Å². The molecule has 0 radical (unpaired) electrons. The van der Waals surface area contributed by atoms with Crippen LogP contribution in [0.2, 0.25) is 0 Å². The first-order valence-corrected chi connectivity index (χ1v) is 7.65. The maximum atomic E-state index is 4.50. The summed E-state index contributed by atoms with van der Waals surface area (Å²) in [6.07, 6.45) is 6.67. The number of hydrogen-bond acceptors (Lipinski definition) is 4. The van der Waals surface area contributed by atoms with Gasteiger partial charge in [-0.15, -0.1) is 5.10 Å². The fraction of sp³-hybridized carbons (Fsp3) is 0.733. The zero-order valence-electron chi connectivity index (χ0n) is 11.8. The average Bonchev–Trinajstić information content (AvgIpc) is 2.49. The van der Waals surface area contributed by atoms with Gasteiger partial charge in [0.05, 0.1) is 5.69 Å². The van der Waals surface area contributed by atoms with E-state index in [9.17, 15) is 0 Å². The highest BCUT2D eigenvalue weighted by molar-refractivity contribution is 5.39. The molecule has 1 aromatic heterocycles. The predicted octanol–water partition coefficient (Wildman–Crippen LogP) is 2.32. The highest BCUT2D eigenvalue weighted by Crippen LogP contribution is 2.31. The average molecular weight is 260 g/mol. The Hall–Kier alpha value is -1.16. The van der Waals surface area contributed by atoms with Gasteiger partial charge in [0.2, 0.25) is 0 Å². The molecule has 0 aromatic carbocycles. The minimum atomic E-state index is 0.503. The van der Waals surface area contributed by atoms with Crippen molar-refractivity contribution in [3.8, 4) is 0 Å². The van der Waals surface area contributed by atoms with E-state index in [1.54, 1.807) is 0 Å². The van der Waals surface area contributed by atoms with E-state index in [1.165, 1.54) is 37.8 Å².